The van der Waals surface area contributed by atoms with Crippen molar-refractivity contribution in [3.8, 4) is 5.75 Å². The lowest BCUT2D eigenvalue weighted by Crippen LogP contribution is -2.43. The van der Waals surface area contributed by atoms with Gasteiger partial charge in [0, 0.05) is 12.1 Å². The number of fused-ring (bicyclic) bond motifs is 1. The third kappa shape index (κ3) is 5.24. The molecule has 1 unspecified atom stereocenters. The minimum Gasteiger partial charge on any atom is -0.407 e. The van der Waals surface area contributed by atoms with E-state index < -0.39 is 46.8 Å². The van der Waals surface area contributed by atoms with Crippen molar-refractivity contribution in [2.24, 2.45) is 0 Å². The van der Waals surface area contributed by atoms with Crippen LogP contribution in [-0.4, -0.2) is 27.1 Å². The summed E-state index contributed by atoms with van der Waals surface area (Å²) in [7, 11) is 0. The molecule has 1 aliphatic heterocycles. The zero-order valence-electron chi connectivity index (χ0n) is 20.7. The molecule has 2 heterocycles. The van der Waals surface area contributed by atoms with Gasteiger partial charge in [0.25, 0.3) is 5.56 Å². The number of halogens is 5. The Morgan fingerprint density at radius 2 is 1.65 bits per heavy atom. The van der Waals surface area contributed by atoms with Crippen LogP contribution < -0.4 is 16.0 Å². The number of rotatable bonds is 4. The van der Waals surface area contributed by atoms with Crippen LogP contribution in [0.1, 0.15) is 34.0 Å². The lowest BCUT2D eigenvalue weighted by molar-refractivity contribution is -0.137. The van der Waals surface area contributed by atoms with Crippen LogP contribution in [0.4, 0.5) is 32.7 Å². The number of alkyl halides is 3. The van der Waals surface area contributed by atoms with Gasteiger partial charge in [0.1, 0.15) is 5.82 Å². The number of carbonyl (C=O) groups excluding carboxylic acids is 1. The van der Waals surface area contributed by atoms with E-state index in [4.69, 9.17) is 10.5 Å². The molecule has 206 valence electrons. The summed E-state index contributed by atoms with van der Waals surface area (Å²) in [6, 6.07) is 15.5. The topological polar surface area (TPSA) is 90.5 Å². The van der Waals surface area contributed by atoms with Gasteiger partial charge < -0.3 is 15.4 Å². The highest BCUT2D eigenvalue weighted by Crippen LogP contribution is 2.33. The van der Waals surface area contributed by atoms with Gasteiger partial charge in [0.2, 0.25) is 5.95 Å². The molecule has 7 nitrogen and oxygen atoms in total. The smallest absolute Gasteiger partial charge is 0.407 e. The summed E-state index contributed by atoms with van der Waals surface area (Å²) in [6.45, 7) is -0.190. The van der Waals surface area contributed by atoms with Crippen LogP contribution >= 0.6 is 0 Å². The first-order valence-corrected chi connectivity index (χ1v) is 12.1. The lowest BCUT2D eigenvalue weighted by atomic mass is 9.97. The number of anilines is 1. The Labute approximate surface area is 224 Å². The van der Waals surface area contributed by atoms with Gasteiger partial charge >= 0.3 is 12.3 Å². The normalized spacial score (nSPS) is 14.0. The Bertz CT molecular complexity index is 1620. The highest BCUT2D eigenvalue weighted by molar-refractivity contribution is 5.71. The average Bonchev–Trinajstić information content (AvgIpc) is 2.92. The van der Waals surface area contributed by atoms with E-state index in [-0.39, 0.29) is 37.2 Å². The van der Waals surface area contributed by atoms with Crippen molar-refractivity contribution in [3.05, 3.63) is 123 Å². The number of aromatic nitrogens is 2. The van der Waals surface area contributed by atoms with Crippen molar-refractivity contribution in [1.29, 1.82) is 0 Å². The van der Waals surface area contributed by atoms with Crippen molar-refractivity contribution in [2.45, 2.75) is 25.2 Å². The number of hydrogen-bond donors (Lipinski definition) is 1. The van der Waals surface area contributed by atoms with Crippen LogP contribution in [-0.2, 0) is 19.1 Å². The number of carbonyl (C=O) groups is 1. The van der Waals surface area contributed by atoms with Crippen molar-refractivity contribution in [2.75, 3.05) is 12.3 Å². The number of amides is 1. The van der Waals surface area contributed by atoms with Gasteiger partial charge in [-0.15, -0.1) is 0 Å². The SMILES string of the molecule is Nc1nc2c(c(=O)n1C(c1ccccc1)c1ccc(F)cc1)CCN(C(=O)Oc1ccc(C(F)(F)F)cc1F)C2. The molecule has 0 fully saturated rings. The van der Waals surface area contributed by atoms with Gasteiger partial charge in [-0.25, -0.2) is 18.6 Å². The Balaban J connectivity index is 1.44. The molecule has 0 spiro atoms. The molecule has 1 aromatic heterocycles. The van der Waals surface area contributed by atoms with Crippen LogP contribution in [0.3, 0.4) is 0 Å². The fourth-order valence-corrected chi connectivity index (χ4v) is 4.62. The molecule has 3 aromatic carbocycles. The molecule has 1 amide bonds. The molecular weight excluding hydrogens is 535 g/mol. The first-order chi connectivity index (χ1) is 19.0. The predicted octanol–water partition coefficient (Wildman–Crippen LogP) is 5.32. The van der Waals surface area contributed by atoms with E-state index in [1.165, 1.54) is 16.7 Å². The van der Waals surface area contributed by atoms with Crippen LogP contribution in [0.25, 0.3) is 0 Å². The third-order valence-electron chi connectivity index (χ3n) is 6.57. The summed E-state index contributed by atoms with van der Waals surface area (Å²) in [4.78, 5) is 31.9. The van der Waals surface area contributed by atoms with Gasteiger partial charge in [-0.3, -0.25) is 9.36 Å². The number of ether oxygens (including phenoxy) is 1. The fraction of sp³-hybridized carbons (Fsp3) is 0.179. The van der Waals surface area contributed by atoms with E-state index in [1.54, 1.807) is 36.4 Å². The zero-order valence-corrected chi connectivity index (χ0v) is 20.7. The standard InChI is InChI=1S/C28H21F5N4O3/c29-19-9-6-17(7-10-19)24(16-4-2-1-3-5-16)37-25(38)20-12-13-36(15-22(20)35-26(37)34)27(39)40-23-11-8-18(14-21(23)30)28(31,32)33/h1-11,14,24H,12-13,15H2,(H2,34,35). The molecule has 12 heteroatoms. The summed E-state index contributed by atoms with van der Waals surface area (Å²) >= 11 is 0. The molecule has 0 saturated heterocycles. The second kappa shape index (κ2) is 10.4. The predicted molar refractivity (Wildman–Crippen MR) is 135 cm³/mol. The largest absolute Gasteiger partial charge is 0.416 e. The maximum atomic E-state index is 14.2. The number of nitrogen functional groups attached to an aromatic ring is 1. The monoisotopic (exact) mass is 556 g/mol. The minimum atomic E-state index is -4.76. The summed E-state index contributed by atoms with van der Waals surface area (Å²) in [5.41, 5.74) is 6.43. The van der Waals surface area contributed by atoms with Crippen molar-refractivity contribution in [3.63, 3.8) is 0 Å². The number of nitrogens with two attached hydrogens (primary N) is 1. The van der Waals surface area contributed by atoms with Gasteiger partial charge in [0.15, 0.2) is 11.6 Å². The Hall–Kier alpha value is -4.74. The van der Waals surface area contributed by atoms with Crippen LogP contribution in [0.5, 0.6) is 5.75 Å². The second-order valence-electron chi connectivity index (χ2n) is 9.12. The van der Waals surface area contributed by atoms with E-state index >= 15 is 0 Å². The minimum absolute atomic E-state index is 0.00147. The molecule has 1 aliphatic rings. The Morgan fingerprint density at radius 1 is 0.975 bits per heavy atom. The summed E-state index contributed by atoms with van der Waals surface area (Å²) in [6.07, 6.45) is -5.71. The number of nitrogens with zero attached hydrogens (tertiary/aromatic N) is 3. The maximum Gasteiger partial charge on any atom is 0.416 e. The molecule has 0 bridgehead atoms. The Kier molecular flexibility index (Phi) is 7.01. The quantitative estimate of drug-likeness (QED) is 0.344. The zero-order chi connectivity index (χ0) is 28.6. The molecule has 5 rings (SSSR count). The summed E-state index contributed by atoms with van der Waals surface area (Å²) in [5.74, 6) is -2.61. The highest BCUT2D eigenvalue weighted by Gasteiger charge is 2.33. The molecule has 1 atom stereocenters. The summed E-state index contributed by atoms with van der Waals surface area (Å²) in [5, 5.41) is 0. The maximum absolute atomic E-state index is 14.2. The Morgan fingerprint density at radius 3 is 2.30 bits per heavy atom. The number of hydrogen-bond acceptors (Lipinski definition) is 5. The van der Waals surface area contributed by atoms with Crippen molar-refractivity contribution >= 4 is 12.0 Å². The molecule has 0 aliphatic carbocycles. The van der Waals surface area contributed by atoms with E-state index in [0.29, 0.717) is 22.8 Å². The van der Waals surface area contributed by atoms with Gasteiger partial charge in [-0.2, -0.15) is 13.2 Å². The average molecular weight is 556 g/mol. The second-order valence-corrected chi connectivity index (χ2v) is 9.12. The summed E-state index contributed by atoms with van der Waals surface area (Å²) < 4.78 is 72.5. The molecule has 2 N–H and O–H groups in total. The molecule has 40 heavy (non-hydrogen) atoms. The third-order valence-corrected chi connectivity index (χ3v) is 6.57. The van der Waals surface area contributed by atoms with Crippen LogP contribution in [0, 0.1) is 11.6 Å². The van der Waals surface area contributed by atoms with Crippen LogP contribution in [0.15, 0.2) is 77.6 Å². The molecule has 0 saturated carbocycles. The van der Waals surface area contributed by atoms with Crippen LogP contribution in [0.2, 0.25) is 0 Å². The van der Waals surface area contributed by atoms with Gasteiger partial charge in [-0.1, -0.05) is 42.5 Å². The first-order valence-electron chi connectivity index (χ1n) is 12.1. The molecule has 4 aromatic rings. The van der Waals surface area contributed by atoms with E-state index in [2.05, 4.69) is 4.98 Å². The first kappa shape index (κ1) is 26.9. The van der Waals surface area contributed by atoms with Crippen molar-refractivity contribution < 1.29 is 31.5 Å². The van der Waals surface area contributed by atoms with E-state index in [1.807, 2.05) is 6.07 Å². The molecular formula is C28H21F5N4O3. The fourth-order valence-electron chi connectivity index (χ4n) is 4.62. The molecule has 0 radical (unpaired) electrons. The highest BCUT2D eigenvalue weighted by atomic mass is 19.4. The van der Waals surface area contributed by atoms with Gasteiger partial charge in [-0.05, 0) is 47.9 Å². The van der Waals surface area contributed by atoms with Gasteiger partial charge in [0.05, 0.1) is 23.8 Å². The van der Waals surface area contributed by atoms with E-state index in [0.717, 1.165) is 11.0 Å². The number of benzene rings is 3. The lowest BCUT2D eigenvalue weighted by Gasteiger charge is -2.29. The van der Waals surface area contributed by atoms with E-state index in [9.17, 15) is 31.5 Å². The van der Waals surface area contributed by atoms with Crippen molar-refractivity contribution in [1.82, 2.24) is 14.5 Å².